The highest BCUT2D eigenvalue weighted by atomic mass is 16.5. The van der Waals surface area contributed by atoms with Gasteiger partial charge in [0.1, 0.15) is 0 Å². The van der Waals surface area contributed by atoms with Crippen LogP contribution in [0.3, 0.4) is 0 Å². The topological polar surface area (TPSA) is 80.2 Å². The Balaban J connectivity index is 1.82. The van der Waals surface area contributed by atoms with Gasteiger partial charge in [0, 0.05) is 13.1 Å². The van der Waals surface area contributed by atoms with E-state index in [-0.39, 0.29) is 0 Å². The molecule has 0 atom stereocenters. The van der Waals surface area contributed by atoms with Crippen molar-refractivity contribution in [3.8, 4) is 0 Å². The SMILES string of the molecule is CCN(Cc1ccccc1)c1cnnc(Nc2ccccc2C(=O)OC)n1. The molecule has 0 radical (unpaired) electrons. The van der Waals surface area contributed by atoms with Crippen molar-refractivity contribution in [1.29, 1.82) is 0 Å². The molecule has 0 unspecified atom stereocenters. The summed E-state index contributed by atoms with van der Waals surface area (Å²) in [6.45, 7) is 3.55. The van der Waals surface area contributed by atoms with Crippen molar-refractivity contribution in [2.45, 2.75) is 13.5 Å². The monoisotopic (exact) mass is 363 g/mol. The Kier molecular flexibility index (Phi) is 5.94. The normalized spacial score (nSPS) is 10.3. The third kappa shape index (κ3) is 4.58. The van der Waals surface area contributed by atoms with E-state index in [2.05, 4.69) is 44.5 Å². The van der Waals surface area contributed by atoms with Crippen molar-refractivity contribution in [2.75, 3.05) is 23.9 Å². The predicted molar refractivity (Wildman–Crippen MR) is 104 cm³/mol. The molecule has 0 fully saturated rings. The van der Waals surface area contributed by atoms with Crippen LogP contribution in [0.1, 0.15) is 22.8 Å². The average Bonchev–Trinajstić information content (AvgIpc) is 2.73. The number of benzene rings is 2. The number of hydrogen-bond acceptors (Lipinski definition) is 7. The van der Waals surface area contributed by atoms with Gasteiger partial charge in [0.05, 0.1) is 24.6 Å². The molecule has 27 heavy (non-hydrogen) atoms. The molecule has 0 aliphatic rings. The molecule has 2 aromatic carbocycles. The minimum absolute atomic E-state index is 0.315. The highest BCUT2D eigenvalue weighted by molar-refractivity contribution is 5.96. The molecular formula is C20H21N5O2. The van der Waals surface area contributed by atoms with Crippen LogP contribution in [-0.4, -0.2) is 34.8 Å². The molecule has 1 aromatic heterocycles. The zero-order valence-corrected chi connectivity index (χ0v) is 15.3. The van der Waals surface area contributed by atoms with E-state index in [9.17, 15) is 4.79 Å². The first kappa shape index (κ1) is 18.3. The number of nitrogens with zero attached hydrogens (tertiary/aromatic N) is 4. The summed E-state index contributed by atoms with van der Waals surface area (Å²) >= 11 is 0. The van der Waals surface area contributed by atoms with Gasteiger partial charge in [0.15, 0.2) is 5.82 Å². The van der Waals surface area contributed by atoms with E-state index >= 15 is 0 Å². The fourth-order valence-electron chi connectivity index (χ4n) is 2.66. The van der Waals surface area contributed by atoms with Crippen LogP contribution in [-0.2, 0) is 11.3 Å². The highest BCUT2D eigenvalue weighted by Crippen LogP contribution is 2.21. The summed E-state index contributed by atoms with van der Waals surface area (Å²) < 4.78 is 4.82. The van der Waals surface area contributed by atoms with Crippen LogP contribution in [0, 0.1) is 0 Å². The van der Waals surface area contributed by atoms with E-state index in [4.69, 9.17) is 4.74 Å². The van der Waals surface area contributed by atoms with Crippen LogP contribution in [0.4, 0.5) is 17.5 Å². The van der Waals surface area contributed by atoms with Crippen molar-refractivity contribution in [2.24, 2.45) is 0 Å². The van der Waals surface area contributed by atoms with E-state index in [1.54, 1.807) is 24.4 Å². The lowest BCUT2D eigenvalue weighted by Crippen LogP contribution is -2.23. The predicted octanol–water partition coefficient (Wildman–Crippen LogP) is 3.43. The van der Waals surface area contributed by atoms with Gasteiger partial charge in [-0.1, -0.05) is 42.5 Å². The largest absolute Gasteiger partial charge is 0.465 e. The molecule has 0 saturated carbocycles. The standard InChI is InChI=1S/C20H21N5O2/c1-3-25(14-15-9-5-4-6-10-15)18-13-21-24-20(23-18)22-17-12-8-7-11-16(17)19(26)27-2/h4-13H,3,14H2,1-2H3,(H,22,23,24). The number of aromatic nitrogens is 3. The summed E-state index contributed by atoms with van der Waals surface area (Å²) in [4.78, 5) is 18.6. The quantitative estimate of drug-likeness (QED) is 0.644. The molecule has 0 aliphatic carbocycles. The fourth-order valence-corrected chi connectivity index (χ4v) is 2.66. The van der Waals surface area contributed by atoms with E-state index in [1.165, 1.54) is 12.7 Å². The van der Waals surface area contributed by atoms with Crippen molar-refractivity contribution < 1.29 is 9.53 Å². The Bertz CT molecular complexity index is 902. The van der Waals surface area contributed by atoms with Crippen LogP contribution in [0.2, 0.25) is 0 Å². The first-order valence-electron chi connectivity index (χ1n) is 8.64. The Morgan fingerprint density at radius 2 is 1.85 bits per heavy atom. The van der Waals surface area contributed by atoms with Gasteiger partial charge in [-0.25, -0.2) is 4.79 Å². The molecule has 1 N–H and O–H groups in total. The van der Waals surface area contributed by atoms with Gasteiger partial charge < -0.3 is 15.0 Å². The van der Waals surface area contributed by atoms with Crippen LogP contribution in [0.5, 0.6) is 0 Å². The first-order chi connectivity index (χ1) is 13.2. The molecule has 0 bridgehead atoms. The Morgan fingerprint density at radius 3 is 2.59 bits per heavy atom. The van der Waals surface area contributed by atoms with Gasteiger partial charge >= 0.3 is 5.97 Å². The molecule has 0 aliphatic heterocycles. The molecular weight excluding hydrogens is 342 g/mol. The number of rotatable bonds is 7. The van der Waals surface area contributed by atoms with Gasteiger partial charge in [-0.05, 0) is 24.6 Å². The van der Waals surface area contributed by atoms with Crippen molar-refractivity contribution in [3.05, 3.63) is 71.9 Å². The van der Waals surface area contributed by atoms with Crippen LogP contribution >= 0.6 is 0 Å². The first-order valence-corrected chi connectivity index (χ1v) is 8.64. The zero-order chi connectivity index (χ0) is 19.1. The zero-order valence-electron chi connectivity index (χ0n) is 15.3. The molecule has 0 spiro atoms. The number of ether oxygens (including phenoxy) is 1. The molecule has 3 aromatic rings. The maximum absolute atomic E-state index is 11.9. The second-order valence-corrected chi connectivity index (χ2v) is 5.80. The minimum Gasteiger partial charge on any atom is -0.465 e. The molecule has 7 heteroatoms. The van der Waals surface area contributed by atoms with Gasteiger partial charge in [0.2, 0.25) is 5.95 Å². The van der Waals surface area contributed by atoms with E-state index in [0.717, 1.165) is 6.54 Å². The summed E-state index contributed by atoms with van der Waals surface area (Å²) in [6.07, 6.45) is 1.63. The Labute approximate surface area is 158 Å². The minimum atomic E-state index is -0.429. The second-order valence-electron chi connectivity index (χ2n) is 5.80. The Morgan fingerprint density at radius 1 is 1.11 bits per heavy atom. The number of para-hydroxylation sites is 1. The van der Waals surface area contributed by atoms with E-state index in [0.29, 0.717) is 29.6 Å². The van der Waals surface area contributed by atoms with Gasteiger partial charge in [-0.2, -0.15) is 10.1 Å². The molecule has 138 valence electrons. The molecule has 1 heterocycles. The lowest BCUT2D eigenvalue weighted by atomic mass is 10.2. The number of anilines is 3. The smallest absolute Gasteiger partial charge is 0.339 e. The maximum atomic E-state index is 11.9. The van der Waals surface area contributed by atoms with Crippen LogP contribution in [0.25, 0.3) is 0 Å². The highest BCUT2D eigenvalue weighted by Gasteiger charge is 2.14. The molecule has 3 rings (SSSR count). The van der Waals surface area contributed by atoms with Gasteiger partial charge in [-0.15, -0.1) is 5.10 Å². The number of nitrogens with one attached hydrogen (secondary N) is 1. The van der Waals surface area contributed by atoms with E-state index < -0.39 is 5.97 Å². The summed E-state index contributed by atoms with van der Waals surface area (Å²) in [7, 11) is 1.35. The van der Waals surface area contributed by atoms with Crippen molar-refractivity contribution >= 4 is 23.4 Å². The number of esters is 1. The van der Waals surface area contributed by atoms with Crippen molar-refractivity contribution in [3.63, 3.8) is 0 Å². The second kappa shape index (κ2) is 8.75. The molecule has 7 nitrogen and oxygen atoms in total. The van der Waals surface area contributed by atoms with E-state index in [1.807, 2.05) is 24.3 Å². The number of hydrogen-bond donors (Lipinski definition) is 1. The number of carbonyl (C=O) groups is 1. The van der Waals surface area contributed by atoms with Crippen LogP contribution in [0.15, 0.2) is 60.8 Å². The lowest BCUT2D eigenvalue weighted by Gasteiger charge is -2.22. The third-order valence-corrected chi connectivity index (χ3v) is 4.05. The van der Waals surface area contributed by atoms with Gasteiger partial charge in [-0.3, -0.25) is 0 Å². The average molecular weight is 363 g/mol. The summed E-state index contributed by atoms with van der Waals surface area (Å²) in [6, 6.07) is 17.2. The third-order valence-electron chi connectivity index (χ3n) is 4.05. The fraction of sp³-hybridized carbons (Fsp3) is 0.200. The molecule has 0 amide bonds. The Hall–Kier alpha value is -3.48. The number of carbonyl (C=O) groups excluding carboxylic acids is 1. The van der Waals surface area contributed by atoms with Gasteiger partial charge in [0.25, 0.3) is 0 Å². The van der Waals surface area contributed by atoms with Crippen molar-refractivity contribution in [1.82, 2.24) is 15.2 Å². The molecule has 0 saturated heterocycles. The number of methoxy groups -OCH3 is 1. The summed E-state index contributed by atoms with van der Waals surface area (Å²) in [5.41, 5.74) is 2.16. The lowest BCUT2D eigenvalue weighted by molar-refractivity contribution is 0.0602. The summed E-state index contributed by atoms with van der Waals surface area (Å²) in [5.74, 6) is 0.589. The maximum Gasteiger partial charge on any atom is 0.339 e. The summed E-state index contributed by atoms with van der Waals surface area (Å²) in [5, 5.41) is 11.1. The van der Waals surface area contributed by atoms with Crippen LogP contribution < -0.4 is 10.2 Å².